The summed E-state index contributed by atoms with van der Waals surface area (Å²) in [5, 5.41) is 0.701. The average molecular weight is 328 g/mol. The van der Waals surface area contributed by atoms with Crippen molar-refractivity contribution in [2.45, 2.75) is 24.8 Å². The van der Waals surface area contributed by atoms with Gasteiger partial charge >= 0.3 is 0 Å². The van der Waals surface area contributed by atoms with Gasteiger partial charge in [0.25, 0.3) is 5.22 Å². The predicted molar refractivity (Wildman–Crippen MR) is 76.2 cm³/mol. The van der Waals surface area contributed by atoms with Gasteiger partial charge in [-0.25, -0.2) is 4.98 Å². The Morgan fingerprint density at radius 3 is 2.78 bits per heavy atom. The summed E-state index contributed by atoms with van der Waals surface area (Å²) < 4.78 is 11.9. The lowest BCUT2D eigenvalue weighted by molar-refractivity contribution is 0.411. The first-order valence-corrected chi connectivity index (χ1v) is 7.27. The van der Waals surface area contributed by atoms with Crippen molar-refractivity contribution >= 4 is 27.7 Å². The maximum absolute atomic E-state index is 5.54. The molecule has 96 valence electrons. The maximum Gasteiger partial charge on any atom is 0.256 e. The molecule has 5 heteroatoms. The van der Waals surface area contributed by atoms with Gasteiger partial charge in [-0.05, 0) is 32.0 Å². The number of hydrogen-bond donors (Lipinski definition) is 0. The molecule has 0 unspecified atom stereocenters. The molecule has 0 saturated carbocycles. The van der Waals surface area contributed by atoms with Crippen LogP contribution in [0, 0.1) is 13.8 Å². The smallest absolute Gasteiger partial charge is 0.256 e. The summed E-state index contributed by atoms with van der Waals surface area (Å²) in [5.74, 6) is 2.52. The number of oxazole rings is 1. The molecule has 0 amide bonds. The first-order chi connectivity index (χ1) is 8.60. The molecule has 0 atom stereocenters. The van der Waals surface area contributed by atoms with Crippen LogP contribution in [0.15, 0.2) is 32.3 Å². The Morgan fingerprint density at radius 2 is 2.17 bits per heavy atom. The number of halogens is 1. The second-order valence-corrected chi connectivity index (χ2v) is 5.71. The quantitative estimate of drug-likeness (QED) is 0.782. The Morgan fingerprint density at radius 1 is 1.39 bits per heavy atom. The number of benzene rings is 1. The van der Waals surface area contributed by atoms with Crippen molar-refractivity contribution in [1.29, 1.82) is 0 Å². The van der Waals surface area contributed by atoms with E-state index in [4.69, 9.17) is 9.15 Å². The minimum absolute atomic E-state index is 0.701. The summed E-state index contributed by atoms with van der Waals surface area (Å²) in [6.45, 7) is 3.87. The maximum atomic E-state index is 5.54. The third-order valence-corrected chi connectivity index (χ3v) is 3.97. The van der Waals surface area contributed by atoms with Crippen LogP contribution in [0.25, 0.3) is 0 Å². The summed E-state index contributed by atoms with van der Waals surface area (Å²) in [6.07, 6.45) is 0. The first kappa shape index (κ1) is 13.5. The number of thioether (sulfide) groups is 1. The molecule has 1 heterocycles. The lowest BCUT2D eigenvalue weighted by Crippen LogP contribution is -1.90. The van der Waals surface area contributed by atoms with E-state index in [0.29, 0.717) is 5.22 Å². The van der Waals surface area contributed by atoms with Gasteiger partial charge in [0.05, 0.1) is 12.8 Å². The Kier molecular flexibility index (Phi) is 4.35. The second kappa shape index (κ2) is 5.80. The number of aromatic nitrogens is 1. The minimum atomic E-state index is 0.701. The van der Waals surface area contributed by atoms with E-state index >= 15 is 0 Å². The van der Waals surface area contributed by atoms with Crippen LogP contribution in [-0.2, 0) is 5.75 Å². The van der Waals surface area contributed by atoms with Crippen molar-refractivity contribution in [3.8, 4) is 5.75 Å². The van der Waals surface area contributed by atoms with Crippen LogP contribution in [0.4, 0.5) is 0 Å². The SMILES string of the molecule is COc1ccc(Br)cc1CSc1nc(C)c(C)o1. The molecule has 1 aromatic heterocycles. The monoisotopic (exact) mass is 327 g/mol. The van der Waals surface area contributed by atoms with Gasteiger partial charge in [-0.2, -0.15) is 0 Å². The Balaban J connectivity index is 2.12. The van der Waals surface area contributed by atoms with E-state index in [0.717, 1.165) is 33.0 Å². The third kappa shape index (κ3) is 3.09. The Labute approximate surface area is 119 Å². The summed E-state index contributed by atoms with van der Waals surface area (Å²) in [5.41, 5.74) is 2.06. The van der Waals surface area contributed by atoms with Crippen molar-refractivity contribution in [3.63, 3.8) is 0 Å². The topological polar surface area (TPSA) is 35.3 Å². The highest BCUT2D eigenvalue weighted by atomic mass is 79.9. The number of rotatable bonds is 4. The van der Waals surface area contributed by atoms with E-state index in [1.165, 1.54) is 0 Å². The van der Waals surface area contributed by atoms with Crippen LogP contribution in [-0.4, -0.2) is 12.1 Å². The van der Waals surface area contributed by atoms with Gasteiger partial charge in [0.1, 0.15) is 11.5 Å². The van der Waals surface area contributed by atoms with E-state index in [1.54, 1.807) is 18.9 Å². The molecule has 0 aliphatic heterocycles. The van der Waals surface area contributed by atoms with Crippen LogP contribution in [0.5, 0.6) is 5.75 Å². The molecular weight excluding hydrogens is 314 g/mol. The third-order valence-electron chi connectivity index (χ3n) is 2.60. The minimum Gasteiger partial charge on any atom is -0.496 e. The predicted octanol–water partition coefficient (Wildman–Crippen LogP) is 4.35. The van der Waals surface area contributed by atoms with Crippen molar-refractivity contribution in [2.75, 3.05) is 7.11 Å². The van der Waals surface area contributed by atoms with Crippen LogP contribution >= 0.6 is 27.7 Å². The van der Waals surface area contributed by atoms with E-state index in [-0.39, 0.29) is 0 Å². The number of methoxy groups -OCH3 is 1. The molecule has 1 aromatic carbocycles. The van der Waals surface area contributed by atoms with Gasteiger partial charge in [-0.3, -0.25) is 0 Å². The van der Waals surface area contributed by atoms with Crippen molar-refractivity contribution < 1.29 is 9.15 Å². The molecule has 0 spiro atoms. The summed E-state index contributed by atoms with van der Waals surface area (Å²) in [7, 11) is 1.68. The molecule has 2 rings (SSSR count). The lowest BCUT2D eigenvalue weighted by Gasteiger charge is -2.07. The molecule has 0 aliphatic carbocycles. The van der Waals surface area contributed by atoms with Crippen molar-refractivity contribution in [1.82, 2.24) is 4.98 Å². The highest BCUT2D eigenvalue weighted by Gasteiger charge is 2.09. The second-order valence-electron chi connectivity index (χ2n) is 3.87. The van der Waals surface area contributed by atoms with Crippen LogP contribution in [0.2, 0.25) is 0 Å². The van der Waals surface area contributed by atoms with Gasteiger partial charge in [0.15, 0.2) is 0 Å². The van der Waals surface area contributed by atoms with E-state index in [1.807, 2.05) is 26.0 Å². The fourth-order valence-electron chi connectivity index (χ4n) is 1.50. The molecule has 0 aliphatic rings. The molecule has 0 saturated heterocycles. The van der Waals surface area contributed by atoms with E-state index < -0.39 is 0 Å². The standard InChI is InChI=1S/C13H14BrNO2S/c1-8-9(2)17-13(15-8)18-7-10-6-11(14)4-5-12(10)16-3/h4-6H,7H2,1-3H3. The molecule has 0 N–H and O–H groups in total. The molecule has 2 aromatic rings. The van der Waals surface area contributed by atoms with Gasteiger partial charge < -0.3 is 9.15 Å². The molecule has 3 nitrogen and oxygen atoms in total. The van der Waals surface area contributed by atoms with Crippen LogP contribution in [0.1, 0.15) is 17.0 Å². The number of hydrogen-bond acceptors (Lipinski definition) is 4. The lowest BCUT2D eigenvalue weighted by atomic mass is 10.2. The Bertz CT molecular complexity index is 534. The fraction of sp³-hybridized carbons (Fsp3) is 0.308. The van der Waals surface area contributed by atoms with Gasteiger partial charge in [-0.15, -0.1) is 0 Å². The van der Waals surface area contributed by atoms with Crippen LogP contribution in [0.3, 0.4) is 0 Å². The summed E-state index contributed by atoms with van der Waals surface area (Å²) in [4.78, 5) is 4.35. The zero-order chi connectivity index (χ0) is 13.1. The Hall–Kier alpha value is -0.940. The van der Waals surface area contributed by atoms with Crippen molar-refractivity contribution in [3.05, 3.63) is 39.7 Å². The van der Waals surface area contributed by atoms with Gasteiger partial charge in [0.2, 0.25) is 0 Å². The molecule has 0 radical (unpaired) electrons. The van der Waals surface area contributed by atoms with Gasteiger partial charge in [0, 0.05) is 15.8 Å². The summed E-state index contributed by atoms with van der Waals surface area (Å²) in [6, 6.07) is 5.97. The molecule has 18 heavy (non-hydrogen) atoms. The number of nitrogens with zero attached hydrogens (tertiary/aromatic N) is 1. The molecular formula is C13H14BrNO2S. The molecule has 0 bridgehead atoms. The number of ether oxygens (including phenoxy) is 1. The van der Waals surface area contributed by atoms with Gasteiger partial charge in [-0.1, -0.05) is 27.7 Å². The summed E-state index contributed by atoms with van der Waals surface area (Å²) >= 11 is 5.03. The average Bonchev–Trinajstić information content (AvgIpc) is 2.66. The zero-order valence-electron chi connectivity index (χ0n) is 10.5. The number of aryl methyl sites for hydroxylation is 2. The van der Waals surface area contributed by atoms with E-state index in [2.05, 4.69) is 27.0 Å². The highest BCUT2D eigenvalue weighted by molar-refractivity contribution is 9.10. The fourth-order valence-corrected chi connectivity index (χ4v) is 2.80. The molecule has 0 fully saturated rings. The highest BCUT2D eigenvalue weighted by Crippen LogP contribution is 2.30. The van der Waals surface area contributed by atoms with Crippen molar-refractivity contribution in [2.24, 2.45) is 0 Å². The zero-order valence-corrected chi connectivity index (χ0v) is 12.9. The van der Waals surface area contributed by atoms with E-state index in [9.17, 15) is 0 Å². The normalized spacial score (nSPS) is 10.7. The largest absolute Gasteiger partial charge is 0.496 e. The van der Waals surface area contributed by atoms with Crippen LogP contribution < -0.4 is 4.74 Å². The first-order valence-electron chi connectivity index (χ1n) is 5.49.